The second kappa shape index (κ2) is 6.43. The molecule has 0 saturated heterocycles. The van der Waals surface area contributed by atoms with Crippen LogP contribution in [0.4, 0.5) is 0 Å². The molecule has 0 unspecified atom stereocenters. The molecule has 0 aromatic carbocycles. The van der Waals surface area contributed by atoms with Crippen LogP contribution in [0, 0.1) is 0 Å². The number of hydrogen-bond acceptors (Lipinski definition) is 3. The van der Waals surface area contributed by atoms with Crippen molar-refractivity contribution in [3.63, 3.8) is 0 Å². The normalized spacial score (nSPS) is 6.75. The van der Waals surface area contributed by atoms with Crippen LogP contribution in [-0.4, -0.2) is 16.2 Å². The smallest absolute Gasteiger partial charge is 0.115 e. The SMILES string of the molecule is CS.c1cncnc1. The molecular formula is C5H8N2S. The minimum Gasteiger partial charge on any atom is -0.245 e. The summed E-state index contributed by atoms with van der Waals surface area (Å²) in [5, 5.41) is 0. The number of rotatable bonds is 0. The van der Waals surface area contributed by atoms with Crippen molar-refractivity contribution >= 4 is 12.6 Å². The lowest BCUT2D eigenvalue weighted by molar-refractivity contribution is 1.17. The predicted molar refractivity (Wildman–Crippen MR) is 36.9 cm³/mol. The predicted octanol–water partition coefficient (Wildman–Crippen LogP) is 1.02. The third-order valence-electron chi connectivity index (χ3n) is 0.478. The molecule has 1 aromatic rings. The Bertz CT molecular complexity index is 82.4. The summed E-state index contributed by atoms with van der Waals surface area (Å²) >= 11 is 3.53. The van der Waals surface area contributed by atoms with Gasteiger partial charge in [0.2, 0.25) is 0 Å². The van der Waals surface area contributed by atoms with Crippen LogP contribution in [0.15, 0.2) is 24.8 Å². The van der Waals surface area contributed by atoms with Crippen LogP contribution < -0.4 is 0 Å². The molecule has 1 aromatic heterocycles. The van der Waals surface area contributed by atoms with E-state index in [0.717, 1.165) is 0 Å². The molecular weight excluding hydrogens is 120 g/mol. The third kappa shape index (κ3) is 3.61. The Morgan fingerprint density at radius 1 is 1.12 bits per heavy atom. The van der Waals surface area contributed by atoms with Crippen molar-refractivity contribution in [3.05, 3.63) is 24.8 Å². The lowest BCUT2D eigenvalue weighted by Crippen LogP contribution is -1.66. The largest absolute Gasteiger partial charge is 0.245 e. The lowest BCUT2D eigenvalue weighted by atomic mass is 10.7. The first-order valence-corrected chi connectivity index (χ1v) is 3.04. The summed E-state index contributed by atoms with van der Waals surface area (Å²) in [5.74, 6) is 0. The second-order valence-corrected chi connectivity index (χ2v) is 0.904. The van der Waals surface area contributed by atoms with E-state index < -0.39 is 0 Å². The van der Waals surface area contributed by atoms with Crippen molar-refractivity contribution in [2.75, 3.05) is 6.26 Å². The molecule has 0 atom stereocenters. The Morgan fingerprint density at radius 2 is 1.62 bits per heavy atom. The monoisotopic (exact) mass is 128 g/mol. The minimum absolute atomic E-state index is 1.50. The maximum Gasteiger partial charge on any atom is 0.115 e. The highest BCUT2D eigenvalue weighted by Crippen LogP contribution is 1.66. The van der Waals surface area contributed by atoms with Crippen LogP contribution in [0.2, 0.25) is 0 Å². The molecule has 0 aliphatic heterocycles. The van der Waals surface area contributed by atoms with Gasteiger partial charge in [0.05, 0.1) is 0 Å². The molecule has 8 heavy (non-hydrogen) atoms. The highest BCUT2D eigenvalue weighted by atomic mass is 32.1. The quantitative estimate of drug-likeness (QED) is 0.528. The van der Waals surface area contributed by atoms with Crippen molar-refractivity contribution in [1.82, 2.24) is 9.97 Å². The topological polar surface area (TPSA) is 25.8 Å². The summed E-state index contributed by atoms with van der Waals surface area (Å²) in [6, 6.07) is 1.78. The average Bonchev–Trinajstić information content (AvgIpc) is 1.96. The zero-order chi connectivity index (χ0) is 6.24. The van der Waals surface area contributed by atoms with Crippen molar-refractivity contribution < 1.29 is 0 Å². The van der Waals surface area contributed by atoms with Gasteiger partial charge in [-0.1, -0.05) is 0 Å². The van der Waals surface area contributed by atoms with Crippen LogP contribution in [0.3, 0.4) is 0 Å². The third-order valence-corrected chi connectivity index (χ3v) is 0.478. The number of hydrogen-bond donors (Lipinski definition) is 1. The molecule has 0 aliphatic carbocycles. The Kier molecular flexibility index (Phi) is 5.97. The van der Waals surface area contributed by atoms with Gasteiger partial charge < -0.3 is 0 Å². The van der Waals surface area contributed by atoms with Gasteiger partial charge in [0.25, 0.3) is 0 Å². The number of nitrogens with zero attached hydrogens (tertiary/aromatic N) is 2. The van der Waals surface area contributed by atoms with E-state index in [1.807, 2.05) is 0 Å². The Labute approximate surface area is 54.4 Å². The van der Waals surface area contributed by atoms with E-state index in [-0.39, 0.29) is 0 Å². The second-order valence-electron chi connectivity index (χ2n) is 0.904. The number of aromatic nitrogens is 2. The van der Waals surface area contributed by atoms with E-state index >= 15 is 0 Å². The maximum atomic E-state index is 3.67. The zero-order valence-electron chi connectivity index (χ0n) is 4.65. The van der Waals surface area contributed by atoms with E-state index in [0.29, 0.717) is 0 Å². The van der Waals surface area contributed by atoms with Crippen LogP contribution in [0.1, 0.15) is 0 Å². The van der Waals surface area contributed by atoms with E-state index in [9.17, 15) is 0 Å². The summed E-state index contributed by atoms with van der Waals surface area (Å²) in [7, 11) is 0. The van der Waals surface area contributed by atoms with Crippen LogP contribution >= 0.6 is 12.6 Å². The van der Waals surface area contributed by atoms with E-state index in [4.69, 9.17) is 0 Å². The first kappa shape index (κ1) is 7.43. The van der Waals surface area contributed by atoms with Gasteiger partial charge in [0, 0.05) is 12.4 Å². The molecule has 0 saturated carbocycles. The van der Waals surface area contributed by atoms with Crippen LogP contribution in [0.5, 0.6) is 0 Å². The fourth-order valence-corrected chi connectivity index (χ4v) is 0.253. The molecule has 3 heteroatoms. The van der Waals surface area contributed by atoms with Crippen molar-refractivity contribution in [1.29, 1.82) is 0 Å². The van der Waals surface area contributed by atoms with Gasteiger partial charge in [-0.3, -0.25) is 0 Å². The fraction of sp³-hybridized carbons (Fsp3) is 0.200. The molecule has 0 aliphatic rings. The first-order valence-electron chi connectivity index (χ1n) is 2.15. The Morgan fingerprint density at radius 3 is 1.75 bits per heavy atom. The fourth-order valence-electron chi connectivity index (χ4n) is 0.253. The van der Waals surface area contributed by atoms with Gasteiger partial charge >= 0.3 is 0 Å². The maximum absolute atomic E-state index is 3.67. The molecule has 0 radical (unpaired) electrons. The molecule has 0 spiro atoms. The standard InChI is InChI=1S/C4H4N2.CH4S/c1-2-5-4-6-3-1;1-2/h1-4H;2H,1H3. The molecule has 0 N–H and O–H groups in total. The van der Waals surface area contributed by atoms with Crippen molar-refractivity contribution in [2.24, 2.45) is 0 Å². The Balaban J connectivity index is 0.000000222. The van der Waals surface area contributed by atoms with Crippen molar-refractivity contribution in [2.45, 2.75) is 0 Å². The molecule has 44 valence electrons. The molecule has 0 fully saturated rings. The summed E-state index contributed by atoms with van der Waals surface area (Å²) in [6.07, 6.45) is 6.57. The summed E-state index contributed by atoms with van der Waals surface area (Å²) < 4.78 is 0. The molecule has 0 amide bonds. The summed E-state index contributed by atoms with van der Waals surface area (Å²) in [4.78, 5) is 7.35. The van der Waals surface area contributed by atoms with Gasteiger partial charge in [-0.25, -0.2) is 9.97 Å². The molecule has 1 heterocycles. The van der Waals surface area contributed by atoms with Gasteiger partial charge in [-0.15, -0.1) is 0 Å². The molecule has 0 bridgehead atoms. The van der Waals surface area contributed by atoms with E-state index in [1.54, 1.807) is 24.7 Å². The lowest BCUT2D eigenvalue weighted by Gasteiger charge is -1.70. The summed E-state index contributed by atoms with van der Waals surface area (Å²) in [6.45, 7) is 0. The van der Waals surface area contributed by atoms with Gasteiger partial charge in [0.15, 0.2) is 0 Å². The van der Waals surface area contributed by atoms with Gasteiger partial charge in [-0.2, -0.15) is 12.6 Å². The number of thiol groups is 1. The highest BCUT2D eigenvalue weighted by Gasteiger charge is 1.59. The highest BCUT2D eigenvalue weighted by molar-refractivity contribution is 7.79. The van der Waals surface area contributed by atoms with E-state index in [2.05, 4.69) is 22.6 Å². The first-order chi connectivity index (χ1) is 4.00. The van der Waals surface area contributed by atoms with E-state index in [1.165, 1.54) is 6.33 Å². The minimum atomic E-state index is 1.50. The zero-order valence-corrected chi connectivity index (χ0v) is 5.55. The molecule has 1 rings (SSSR count). The van der Waals surface area contributed by atoms with Gasteiger partial charge in [-0.05, 0) is 12.3 Å². The van der Waals surface area contributed by atoms with Gasteiger partial charge in [0.1, 0.15) is 6.33 Å². The average molecular weight is 128 g/mol. The van der Waals surface area contributed by atoms with Crippen molar-refractivity contribution in [3.8, 4) is 0 Å². The van der Waals surface area contributed by atoms with Crippen LogP contribution in [-0.2, 0) is 0 Å². The Hall–Kier alpha value is -0.570. The van der Waals surface area contributed by atoms with Crippen LogP contribution in [0.25, 0.3) is 0 Å². The molecule has 2 nitrogen and oxygen atoms in total. The summed E-state index contributed by atoms with van der Waals surface area (Å²) in [5.41, 5.74) is 0.